The molecule has 0 fully saturated rings. The summed E-state index contributed by atoms with van der Waals surface area (Å²) in [7, 11) is 0. The van der Waals surface area contributed by atoms with E-state index >= 15 is 0 Å². The first-order valence-corrected chi connectivity index (χ1v) is 17.3. The quantitative estimate of drug-likeness (QED) is 0.169. The molecule has 1 nitrogen and oxygen atoms in total. The Bertz CT molecular complexity index is 3050. The predicted octanol–water partition coefficient (Wildman–Crippen LogP) is 13.2. The Morgan fingerprint density at radius 3 is 1.96 bits per heavy atom. The summed E-state index contributed by atoms with van der Waals surface area (Å²) in [5, 5.41) is 15.6. The highest BCUT2D eigenvalue weighted by Gasteiger charge is 2.26. The average Bonchev–Trinajstić information content (AvgIpc) is 3.51. The number of hydrogen-bond acceptors (Lipinski definition) is 0. The summed E-state index contributed by atoms with van der Waals surface area (Å²) in [5.74, 6) is 0. The molecule has 0 saturated carbocycles. The van der Waals surface area contributed by atoms with E-state index in [0.29, 0.717) is 0 Å². The van der Waals surface area contributed by atoms with Crippen molar-refractivity contribution in [2.75, 3.05) is 0 Å². The molecule has 1 heterocycles. The SMILES string of the molecule is C1=Cc2c(c(-c3ccc4ccccc4c3)c3ccccc3c2-n2c3ccccc3c3c4c5ccccc5ccc4c4ccccc4c32)CC1. The fraction of sp³-hybridized carbons (Fsp3) is 0.0417. The molecule has 1 aliphatic rings. The Labute approximate surface area is 284 Å². The molecule has 0 unspecified atom stereocenters. The van der Waals surface area contributed by atoms with Gasteiger partial charge in [-0.15, -0.1) is 0 Å². The molecular weight excluding hydrogens is 591 g/mol. The van der Waals surface area contributed by atoms with Gasteiger partial charge in [-0.2, -0.15) is 0 Å². The van der Waals surface area contributed by atoms with Crippen molar-refractivity contribution in [3.63, 3.8) is 0 Å². The largest absolute Gasteiger partial charge is 0.307 e. The molecule has 1 aliphatic carbocycles. The van der Waals surface area contributed by atoms with Crippen LogP contribution >= 0.6 is 0 Å². The van der Waals surface area contributed by atoms with Crippen LogP contribution in [0.3, 0.4) is 0 Å². The predicted molar refractivity (Wildman–Crippen MR) is 211 cm³/mol. The lowest BCUT2D eigenvalue weighted by atomic mass is 9.83. The second kappa shape index (κ2) is 10.2. The van der Waals surface area contributed by atoms with Crippen LogP contribution in [0.5, 0.6) is 0 Å². The van der Waals surface area contributed by atoms with Crippen molar-refractivity contribution < 1.29 is 0 Å². The van der Waals surface area contributed by atoms with Gasteiger partial charge in [0.25, 0.3) is 0 Å². The maximum Gasteiger partial charge on any atom is 0.0626 e. The molecular formula is C48H31N. The summed E-state index contributed by atoms with van der Waals surface area (Å²) >= 11 is 0. The van der Waals surface area contributed by atoms with Gasteiger partial charge < -0.3 is 4.57 Å². The Hall–Kier alpha value is -6.18. The summed E-state index contributed by atoms with van der Waals surface area (Å²) in [5.41, 5.74) is 9.23. The first kappa shape index (κ1) is 26.8. The number of nitrogens with zero attached hydrogens (tertiary/aromatic N) is 1. The third-order valence-corrected chi connectivity index (χ3v) is 11.0. The maximum absolute atomic E-state index is 2.62. The summed E-state index contributed by atoms with van der Waals surface area (Å²) in [4.78, 5) is 0. The molecule has 11 rings (SSSR count). The van der Waals surface area contributed by atoms with Crippen LogP contribution in [0.15, 0.2) is 158 Å². The molecule has 0 radical (unpaired) electrons. The minimum atomic E-state index is 1.01. The molecule has 9 aromatic carbocycles. The molecule has 0 amide bonds. The molecule has 0 atom stereocenters. The van der Waals surface area contributed by atoms with E-state index in [2.05, 4.69) is 168 Å². The number of aromatic nitrogens is 1. The van der Waals surface area contributed by atoms with Gasteiger partial charge in [-0.1, -0.05) is 152 Å². The van der Waals surface area contributed by atoms with Crippen molar-refractivity contribution in [1.82, 2.24) is 4.57 Å². The topological polar surface area (TPSA) is 4.93 Å². The van der Waals surface area contributed by atoms with Crippen molar-refractivity contribution in [1.29, 1.82) is 0 Å². The van der Waals surface area contributed by atoms with Crippen LogP contribution in [-0.2, 0) is 6.42 Å². The molecule has 0 aliphatic heterocycles. The van der Waals surface area contributed by atoms with Crippen molar-refractivity contribution in [2.24, 2.45) is 0 Å². The lowest BCUT2D eigenvalue weighted by Crippen LogP contribution is -2.07. The van der Waals surface area contributed by atoms with Crippen LogP contribution in [0, 0.1) is 0 Å². The molecule has 49 heavy (non-hydrogen) atoms. The highest BCUT2D eigenvalue weighted by Crippen LogP contribution is 2.48. The van der Waals surface area contributed by atoms with E-state index in [4.69, 9.17) is 0 Å². The smallest absolute Gasteiger partial charge is 0.0626 e. The zero-order valence-electron chi connectivity index (χ0n) is 26.9. The van der Waals surface area contributed by atoms with E-state index in [1.807, 2.05) is 0 Å². The Morgan fingerprint density at radius 1 is 0.449 bits per heavy atom. The zero-order chi connectivity index (χ0) is 32.1. The van der Waals surface area contributed by atoms with Crippen LogP contribution < -0.4 is 0 Å². The van der Waals surface area contributed by atoms with E-state index in [9.17, 15) is 0 Å². The molecule has 0 N–H and O–H groups in total. The Balaban J connectivity index is 1.38. The van der Waals surface area contributed by atoms with Gasteiger partial charge in [0.05, 0.1) is 16.7 Å². The van der Waals surface area contributed by atoms with E-state index in [1.54, 1.807) is 0 Å². The van der Waals surface area contributed by atoms with Crippen LogP contribution in [0.25, 0.3) is 98.6 Å². The molecule has 0 bridgehead atoms. The third kappa shape index (κ3) is 3.70. The van der Waals surface area contributed by atoms with Gasteiger partial charge in [0.2, 0.25) is 0 Å². The third-order valence-electron chi connectivity index (χ3n) is 11.0. The number of allylic oxidation sites excluding steroid dienone is 1. The maximum atomic E-state index is 2.62. The normalized spacial score (nSPS) is 13.1. The standard InChI is InChI=1S/C48H31N/c1-2-15-32-29-33(26-25-30(32)13-1)44-36-18-6-9-21-40(36)47(41-22-10-7-19-37(41)44)49-43-24-12-11-23-42(43)46-45-34-16-4-3-14-31(34)27-28-38(45)35-17-5-8-20-39(35)48(46)49/h1-6,8-18,20-29H,7,19H2. The van der Waals surface area contributed by atoms with E-state index in [-0.39, 0.29) is 0 Å². The molecule has 228 valence electrons. The summed E-state index contributed by atoms with van der Waals surface area (Å²) < 4.78 is 2.62. The second-order valence-corrected chi connectivity index (χ2v) is 13.5. The fourth-order valence-electron chi connectivity index (χ4n) is 8.95. The number of fused-ring (bicyclic) bond motifs is 13. The van der Waals surface area contributed by atoms with Gasteiger partial charge in [-0.05, 0) is 79.4 Å². The van der Waals surface area contributed by atoms with E-state index in [0.717, 1.165) is 12.8 Å². The zero-order valence-corrected chi connectivity index (χ0v) is 26.9. The lowest BCUT2D eigenvalue weighted by molar-refractivity contribution is 0.984. The number of rotatable bonds is 2. The van der Waals surface area contributed by atoms with Crippen LogP contribution in [-0.4, -0.2) is 4.57 Å². The highest BCUT2D eigenvalue weighted by atomic mass is 15.0. The minimum absolute atomic E-state index is 1.01. The monoisotopic (exact) mass is 621 g/mol. The number of benzene rings is 9. The van der Waals surface area contributed by atoms with Crippen molar-refractivity contribution in [2.45, 2.75) is 12.8 Å². The molecule has 0 spiro atoms. The number of hydrogen-bond donors (Lipinski definition) is 0. The van der Waals surface area contributed by atoms with Gasteiger partial charge in [-0.25, -0.2) is 0 Å². The van der Waals surface area contributed by atoms with Gasteiger partial charge in [-0.3, -0.25) is 0 Å². The van der Waals surface area contributed by atoms with Gasteiger partial charge in [0, 0.05) is 32.5 Å². The molecule has 1 heteroatoms. The van der Waals surface area contributed by atoms with Crippen LogP contribution in [0.4, 0.5) is 0 Å². The second-order valence-electron chi connectivity index (χ2n) is 13.5. The Kier molecular flexibility index (Phi) is 5.57. The summed E-state index contributed by atoms with van der Waals surface area (Å²) in [6.45, 7) is 0. The van der Waals surface area contributed by atoms with Crippen LogP contribution in [0.1, 0.15) is 17.5 Å². The lowest BCUT2D eigenvalue weighted by Gasteiger charge is -2.25. The fourth-order valence-corrected chi connectivity index (χ4v) is 8.95. The van der Waals surface area contributed by atoms with Crippen molar-refractivity contribution in [3.05, 3.63) is 169 Å². The van der Waals surface area contributed by atoms with Gasteiger partial charge >= 0.3 is 0 Å². The molecule has 10 aromatic rings. The summed E-state index contributed by atoms with van der Waals surface area (Å²) in [6.07, 6.45) is 6.83. The van der Waals surface area contributed by atoms with E-state index in [1.165, 1.54) is 104 Å². The van der Waals surface area contributed by atoms with Gasteiger partial charge in [0.1, 0.15) is 0 Å². The van der Waals surface area contributed by atoms with Crippen molar-refractivity contribution in [3.8, 4) is 16.8 Å². The highest BCUT2D eigenvalue weighted by molar-refractivity contribution is 6.37. The number of para-hydroxylation sites is 1. The summed E-state index contributed by atoms with van der Waals surface area (Å²) in [6, 6.07) is 56.4. The first-order valence-electron chi connectivity index (χ1n) is 17.3. The molecule has 1 aromatic heterocycles. The Morgan fingerprint density at radius 2 is 1.10 bits per heavy atom. The van der Waals surface area contributed by atoms with Crippen molar-refractivity contribution >= 4 is 81.7 Å². The first-order chi connectivity index (χ1) is 24.3. The van der Waals surface area contributed by atoms with Gasteiger partial charge in [0.15, 0.2) is 0 Å². The minimum Gasteiger partial charge on any atom is -0.307 e. The molecule has 0 saturated heterocycles. The van der Waals surface area contributed by atoms with Crippen LogP contribution in [0.2, 0.25) is 0 Å². The van der Waals surface area contributed by atoms with E-state index < -0.39 is 0 Å². The average molecular weight is 622 g/mol.